The molecule has 1 aliphatic heterocycles. The van der Waals surface area contributed by atoms with E-state index in [9.17, 15) is 4.79 Å². The molecule has 4 nitrogen and oxygen atoms in total. The molecule has 0 unspecified atom stereocenters. The molecular weight excluding hydrogens is 348 g/mol. The minimum Gasteiger partial charge on any atom is -0.357 e. The number of rotatable bonds is 2. The van der Waals surface area contributed by atoms with E-state index in [2.05, 4.69) is 9.97 Å². The van der Waals surface area contributed by atoms with Gasteiger partial charge in [0, 0.05) is 23.5 Å². The summed E-state index contributed by atoms with van der Waals surface area (Å²) in [5.41, 5.74) is 3.02. The summed E-state index contributed by atoms with van der Waals surface area (Å²) in [5.74, 6) is 0.568. The lowest BCUT2D eigenvalue weighted by Crippen LogP contribution is -2.49. The summed E-state index contributed by atoms with van der Waals surface area (Å²) in [6, 6.07) is 5.93. The van der Waals surface area contributed by atoms with Crippen molar-refractivity contribution in [1.82, 2.24) is 9.97 Å². The van der Waals surface area contributed by atoms with Crippen LogP contribution in [0.3, 0.4) is 0 Å². The maximum atomic E-state index is 13.2. The first-order chi connectivity index (χ1) is 12.0. The smallest absolute Gasteiger partial charge is 0.194 e. The van der Waals surface area contributed by atoms with Gasteiger partial charge < -0.3 is 4.74 Å². The number of carbonyl (C=O) groups is 1. The van der Waals surface area contributed by atoms with Crippen molar-refractivity contribution in [2.45, 2.75) is 52.7 Å². The maximum Gasteiger partial charge on any atom is 0.194 e. The Bertz CT molecular complexity index is 912. The molecule has 0 radical (unpaired) electrons. The van der Waals surface area contributed by atoms with E-state index in [0.29, 0.717) is 10.8 Å². The molecular formula is C21H23ClN2O2. The van der Waals surface area contributed by atoms with Gasteiger partial charge in [0.15, 0.2) is 11.6 Å². The molecule has 0 fully saturated rings. The number of hydrogen-bond acceptors (Lipinski definition) is 4. The molecule has 136 valence electrons. The summed E-state index contributed by atoms with van der Waals surface area (Å²) in [4.78, 5) is 21.7. The minimum atomic E-state index is -0.877. The third-order valence-electron chi connectivity index (χ3n) is 4.95. The van der Waals surface area contributed by atoms with Gasteiger partial charge in [-0.2, -0.15) is 0 Å². The van der Waals surface area contributed by atoms with Crippen LogP contribution in [0.15, 0.2) is 36.2 Å². The number of Topliss-reactive ketones (excluding diaryl/α,β-unsaturated/α-hetero) is 1. The van der Waals surface area contributed by atoms with Gasteiger partial charge in [-0.15, -0.1) is 0 Å². The second-order valence-electron chi connectivity index (χ2n) is 7.71. The second-order valence-corrected chi connectivity index (χ2v) is 8.14. The number of aromatic nitrogens is 2. The highest BCUT2D eigenvalue weighted by Crippen LogP contribution is 2.42. The monoisotopic (exact) mass is 370 g/mol. The zero-order valence-corrected chi connectivity index (χ0v) is 16.7. The number of benzene rings is 1. The summed E-state index contributed by atoms with van der Waals surface area (Å²) in [5, 5.41) is 0.489. The minimum absolute atomic E-state index is 0.00778. The average molecular weight is 371 g/mol. The van der Waals surface area contributed by atoms with Gasteiger partial charge in [0.2, 0.25) is 0 Å². The first kappa shape index (κ1) is 18.7. The van der Waals surface area contributed by atoms with Gasteiger partial charge in [0.1, 0.15) is 5.60 Å². The Morgan fingerprint density at radius 2 is 1.62 bits per heavy atom. The predicted octanol–water partition coefficient (Wildman–Crippen LogP) is 5.04. The highest BCUT2D eigenvalue weighted by atomic mass is 35.5. The molecule has 1 aromatic heterocycles. The number of ether oxygens (including phenoxy) is 1. The van der Waals surface area contributed by atoms with Gasteiger partial charge in [-0.05, 0) is 64.3 Å². The summed E-state index contributed by atoms with van der Waals surface area (Å²) in [7, 11) is 0. The molecule has 0 atom stereocenters. The van der Waals surface area contributed by atoms with Gasteiger partial charge in [-0.25, -0.2) is 9.97 Å². The standard InChI is InChI=1S/C21H23ClN2O2/c1-12-7-8-14(19-23-10-15(22)11-24-19)9-16(12)17-13(2)20(3,4)26-21(5,6)18(17)25/h7-11H,1-6H3. The average Bonchev–Trinajstić information content (AvgIpc) is 2.55. The normalized spacial score (nSPS) is 19.0. The van der Waals surface area contributed by atoms with E-state index in [1.54, 1.807) is 12.4 Å². The molecule has 0 bridgehead atoms. The van der Waals surface area contributed by atoms with E-state index in [1.165, 1.54) is 0 Å². The van der Waals surface area contributed by atoms with Crippen LogP contribution in [0.5, 0.6) is 0 Å². The number of nitrogens with zero attached hydrogens (tertiary/aromatic N) is 2. The molecule has 0 spiro atoms. The fraction of sp³-hybridized carbons (Fsp3) is 0.381. The van der Waals surface area contributed by atoms with E-state index in [-0.39, 0.29) is 5.78 Å². The third-order valence-corrected chi connectivity index (χ3v) is 5.14. The zero-order valence-electron chi connectivity index (χ0n) is 16.0. The first-order valence-electron chi connectivity index (χ1n) is 8.58. The molecule has 0 saturated carbocycles. The van der Waals surface area contributed by atoms with Crippen LogP contribution in [-0.4, -0.2) is 27.0 Å². The van der Waals surface area contributed by atoms with Gasteiger partial charge >= 0.3 is 0 Å². The number of carbonyl (C=O) groups excluding carboxylic acids is 1. The molecule has 0 saturated heterocycles. The quantitative estimate of drug-likeness (QED) is 0.743. The Labute approximate surface area is 159 Å². The molecule has 2 aromatic rings. The van der Waals surface area contributed by atoms with Crippen molar-refractivity contribution in [2.75, 3.05) is 0 Å². The van der Waals surface area contributed by atoms with E-state index in [1.807, 2.05) is 59.7 Å². The van der Waals surface area contributed by atoms with Crippen LogP contribution in [0, 0.1) is 6.92 Å². The van der Waals surface area contributed by atoms with E-state index >= 15 is 0 Å². The summed E-state index contributed by atoms with van der Waals surface area (Å²) in [6.07, 6.45) is 3.14. The van der Waals surface area contributed by atoms with Gasteiger partial charge in [-0.1, -0.05) is 23.7 Å². The SMILES string of the molecule is CC1=C(c2cc(-c3ncc(Cl)cn3)ccc2C)C(=O)C(C)(C)OC1(C)C. The lowest BCUT2D eigenvalue weighted by atomic mass is 9.78. The van der Waals surface area contributed by atoms with Crippen molar-refractivity contribution in [3.05, 3.63) is 52.3 Å². The van der Waals surface area contributed by atoms with Gasteiger partial charge in [-0.3, -0.25) is 4.79 Å². The number of aryl methyl sites for hydroxylation is 1. The molecule has 26 heavy (non-hydrogen) atoms. The van der Waals surface area contributed by atoms with Crippen molar-refractivity contribution in [1.29, 1.82) is 0 Å². The predicted molar refractivity (Wildman–Crippen MR) is 104 cm³/mol. The van der Waals surface area contributed by atoms with Crippen molar-refractivity contribution in [2.24, 2.45) is 0 Å². The highest BCUT2D eigenvalue weighted by Gasteiger charge is 2.45. The van der Waals surface area contributed by atoms with Crippen molar-refractivity contribution < 1.29 is 9.53 Å². The first-order valence-corrected chi connectivity index (χ1v) is 8.96. The van der Waals surface area contributed by atoms with Crippen LogP contribution < -0.4 is 0 Å². The Morgan fingerprint density at radius 3 is 2.23 bits per heavy atom. The molecule has 0 amide bonds. The van der Waals surface area contributed by atoms with Crippen LogP contribution in [-0.2, 0) is 9.53 Å². The van der Waals surface area contributed by atoms with Crippen molar-refractivity contribution in [3.63, 3.8) is 0 Å². The Balaban J connectivity index is 2.21. The lowest BCUT2D eigenvalue weighted by molar-refractivity contribution is -0.152. The van der Waals surface area contributed by atoms with Gasteiger partial charge in [0.25, 0.3) is 0 Å². The summed E-state index contributed by atoms with van der Waals surface area (Å²) >= 11 is 5.89. The van der Waals surface area contributed by atoms with Crippen LogP contribution in [0.25, 0.3) is 17.0 Å². The second kappa shape index (κ2) is 6.29. The Kier molecular flexibility index (Phi) is 4.53. The molecule has 1 aromatic carbocycles. The largest absolute Gasteiger partial charge is 0.357 e. The molecule has 0 N–H and O–H groups in total. The Morgan fingerprint density at radius 1 is 1.00 bits per heavy atom. The number of halogens is 1. The fourth-order valence-corrected chi connectivity index (χ4v) is 3.45. The van der Waals surface area contributed by atoms with Crippen molar-refractivity contribution >= 4 is 23.0 Å². The summed E-state index contributed by atoms with van der Waals surface area (Å²) in [6.45, 7) is 11.6. The van der Waals surface area contributed by atoms with E-state index in [4.69, 9.17) is 16.3 Å². The zero-order chi connectivity index (χ0) is 19.3. The van der Waals surface area contributed by atoms with Crippen LogP contribution >= 0.6 is 11.6 Å². The topological polar surface area (TPSA) is 52.1 Å². The molecule has 5 heteroatoms. The maximum absolute atomic E-state index is 13.2. The van der Waals surface area contributed by atoms with Crippen LogP contribution in [0.2, 0.25) is 5.02 Å². The lowest BCUT2D eigenvalue weighted by Gasteiger charge is -2.42. The highest BCUT2D eigenvalue weighted by molar-refractivity contribution is 6.30. The van der Waals surface area contributed by atoms with Crippen LogP contribution in [0.1, 0.15) is 45.7 Å². The fourth-order valence-electron chi connectivity index (χ4n) is 3.35. The third kappa shape index (κ3) is 3.19. The molecule has 1 aliphatic rings. The molecule has 2 heterocycles. The van der Waals surface area contributed by atoms with Gasteiger partial charge in [0.05, 0.1) is 10.6 Å². The summed E-state index contributed by atoms with van der Waals surface area (Å²) < 4.78 is 6.06. The van der Waals surface area contributed by atoms with Crippen molar-refractivity contribution in [3.8, 4) is 11.4 Å². The van der Waals surface area contributed by atoms with Crippen LogP contribution in [0.4, 0.5) is 0 Å². The van der Waals surface area contributed by atoms with E-state index < -0.39 is 11.2 Å². The Hall–Kier alpha value is -2.04. The molecule has 3 rings (SSSR count). The number of hydrogen-bond donors (Lipinski definition) is 0. The molecule has 0 aliphatic carbocycles. The number of ketones is 1. The van der Waals surface area contributed by atoms with E-state index in [0.717, 1.165) is 27.8 Å².